The minimum Gasteiger partial charge on any atom is -0.378 e. The maximum Gasteiger partial charge on any atom is 0.261 e. The lowest BCUT2D eigenvalue weighted by Crippen LogP contribution is -2.38. The summed E-state index contributed by atoms with van der Waals surface area (Å²) in [5, 5.41) is 12.2. The molecule has 0 aliphatic carbocycles. The first kappa shape index (κ1) is 14.9. The van der Waals surface area contributed by atoms with Crippen molar-refractivity contribution in [1.82, 2.24) is 15.2 Å². The number of rotatable bonds is 4. The number of pyridine rings is 1. The van der Waals surface area contributed by atoms with Gasteiger partial charge in [-0.2, -0.15) is 0 Å². The number of anilines is 2. The molecule has 8 heteroatoms. The van der Waals surface area contributed by atoms with Crippen LogP contribution in [0.4, 0.5) is 10.9 Å². The van der Waals surface area contributed by atoms with Gasteiger partial charge in [0, 0.05) is 19.3 Å². The maximum absolute atomic E-state index is 12.5. The summed E-state index contributed by atoms with van der Waals surface area (Å²) in [5.41, 5.74) is 0.539. The first-order chi connectivity index (χ1) is 10.8. The van der Waals surface area contributed by atoms with Crippen LogP contribution in [0.3, 0.4) is 0 Å². The molecule has 1 aliphatic heterocycles. The van der Waals surface area contributed by atoms with Crippen molar-refractivity contribution in [3.05, 3.63) is 28.9 Å². The second kappa shape index (κ2) is 6.80. The summed E-state index contributed by atoms with van der Waals surface area (Å²) in [5.74, 6) is 0.469. The van der Waals surface area contributed by atoms with Crippen molar-refractivity contribution in [2.45, 2.75) is 13.3 Å². The van der Waals surface area contributed by atoms with E-state index in [2.05, 4.69) is 25.4 Å². The molecule has 116 valence electrons. The predicted octanol–water partition coefficient (Wildman–Crippen LogP) is 1.58. The van der Waals surface area contributed by atoms with Gasteiger partial charge in [0.2, 0.25) is 5.13 Å². The fourth-order valence-electron chi connectivity index (χ4n) is 2.21. The zero-order valence-electron chi connectivity index (χ0n) is 12.3. The Kier molecular flexibility index (Phi) is 4.59. The summed E-state index contributed by atoms with van der Waals surface area (Å²) < 4.78 is 5.35. The van der Waals surface area contributed by atoms with Crippen LogP contribution in [0.5, 0.6) is 0 Å². The lowest BCUT2D eigenvalue weighted by atomic mass is 10.2. The zero-order chi connectivity index (χ0) is 15.4. The molecule has 0 saturated carbocycles. The van der Waals surface area contributed by atoms with Crippen LogP contribution < -0.4 is 10.2 Å². The van der Waals surface area contributed by atoms with E-state index in [1.54, 1.807) is 18.3 Å². The molecule has 1 amide bonds. The molecule has 1 aliphatic rings. The van der Waals surface area contributed by atoms with Crippen molar-refractivity contribution in [2.75, 3.05) is 36.5 Å². The van der Waals surface area contributed by atoms with Crippen LogP contribution in [0.1, 0.15) is 22.3 Å². The second-order valence-electron chi connectivity index (χ2n) is 4.78. The lowest BCUT2D eigenvalue weighted by molar-refractivity contribution is 0.102. The number of aromatic nitrogens is 3. The highest BCUT2D eigenvalue weighted by Crippen LogP contribution is 2.21. The molecular formula is C14H17N5O2S. The fourth-order valence-corrected chi connectivity index (χ4v) is 2.89. The molecule has 1 saturated heterocycles. The summed E-state index contributed by atoms with van der Waals surface area (Å²) in [6.07, 6.45) is 2.50. The Morgan fingerprint density at radius 2 is 2.23 bits per heavy atom. The SMILES string of the molecule is CCc1nnc(NC(=O)c2cccnc2N2CCOCC2)s1. The van der Waals surface area contributed by atoms with E-state index in [1.807, 2.05) is 6.92 Å². The van der Waals surface area contributed by atoms with E-state index in [-0.39, 0.29) is 5.91 Å². The van der Waals surface area contributed by atoms with E-state index in [9.17, 15) is 4.79 Å². The molecular weight excluding hydrogens is 302 g/mol. The molecule has 2 aromatic rings. The first-order valence-corrected chi connectivity index (χ1v) is 8.01. The normalized spacial score (nSPS) is 14.9. The minimum absolute atomic E-state index is 0.214. The highest BCUT2D eigenvalue weighted by atomic mass is 32.1. The van der Waals surface area contributed by atoms with Gasteiger partial charge >= 0.3 is 0 Å². The van der Waals surface area contributed by atoms with Crippen molar-refractivity contribution in [3.8, 4) is 0 Å². The molecule has 0 unspecified atom stereocenters. The summed E-state index contributed by atoms with van der Waals surface area (Å²) >= 11 is 1.39. The van der Waals surface area contributed by atoms with Gasteiger partial charge < -0.3 is 9.64 Å². The summed E-state index contributed by atoms with van der Waals surface area (Å²) in [7, 11) is 0. The Morgan fingerprint density at radius 3 is 2.95 bits per heavy atom. The van der Waals surface area contributed by atoms with Gasteiger partial charge in [-0.1, -0.05) is 18.3 Å². The van der Waals surface area contributed by atoms with Crippen molar-refractivity contribution in [2.24, 2.45) is 0 Å². The number of aryl methyl sites for hydroxylation is 1. The van der Waals surface area contributed by atoms with Crippen molar-refractivity contribution < 1.29 is 9.53 Å². The monoisotopic (exact) mass is 319 g/mol. The van der Waals surface area contributed by atoms with Crippen LogP contribution in [-0.4, -0.2) is 47.4 Å². The number of amides is 1. The Hall–Kier alpha value is -2.06. The third-order valence-corrected chi connectivity index (χ3v) is 4.31. The Labute approximate surface area is 132 Å². The highest BCUT2D eigenvalue weighted by molar-refractivity contribution is 7.15. The number of carbonyl (C=O) groups is 1. The molecule has 0 bridgehead atoms. The van der Waals surface area contributed by atoms with Gasteiger partial charge in [-0.3, -0.25) is 10.1 Å². The fraction of sp³-hybridized carbons (Fsp3) is 0.429. The quantitative estimate of drug-likeness (QED) is 0.922. The minimum atomic E-state index is -0.214. The predicted molar refractivity (Wildman–Crippen MR) is 84.5 cm³/mol. The van der Waals surface area contributed by atoms with E-state index in [4.69, 9.17) is 4.74 Å². The van der Waals surface area contributed by atoms with Crippen LogP contribution in [0.15, 0.2) is 18.3 Å². The van der Waals surface area contributed by atoms with Gasteiger partial charge in [-0.15, -0.1) is 10.2 Å². The number of morpholine rings is 1. The van der Waals surface area contributed by atoms with Gasteiger partial charge in [0.05, 0.1) is 18.8 Å². The molecule has 1 N–H and O–H groups in total. The topological polar surface area (TPSA) is 80.2 Å². The molecule has 2 aromatic heterocycles. The third-order valence-electron chi connectivity index (χ3n) is 3.33. The van der Waals surface area contributed by atoms with Crippen molar-refractivity contribution in [3.63, 3.8) is 0 Å². The van der Waals surface area contributed by atoms with Crippen LogP contribution in [0.25, 0.3) is 0 Å². The van der Waals surface area contributed by atoms with Crippen LogP contribution in [-0.2, 0) is 11.2 Å². The van der Waals surface area contributed by atoms with E-state index in [1.165, 1.54) is 11.3 Å². The van der Waals surface area contributed by atoms with Gasteiger partial charge in [-0.05, 0) is 18.6 Å². The van der Waals surface area contributed by atoms with Crippen LogP contribution in [0.2, 0.25) is 0 Å². The maximum atomic E-state index is 12.5. The van der Waals surface area contributed by atoms with Gasteiger partial charge in [0.15, 0.2) is 0 Å². The number of nitrogens with zero attached hydrogens (tertiary/aromatic N) is 4. The molecule has 0 atom stereocenters. The Bertz CT molecular complexity index is 654. The molecule has 0 spiro atoms. The van der Waals surface area contributed by atoms with E-state index in [0.717, 1.165) is 24.5 Å². The number of hydrogen-bond donors (Lipinski definition) is 1. The molecule has 1 fully saturated rings. The molecule has 22 heavy (non-hydrogen) atoms. The molecule has 3 rings (SSSR count). The molecule has 7 nitrogen and oxygen atoms in total. The van der Waals surface area contributed by atoms with Gasteiger partial charge in [0.25, 0.3) is 5.91 Å². The average Bonchev–Trinajstić information content (AvgIpc) is 3.03. The first-order valence-electron chi connectivity index (χ1n) is 7.19. The highest BCUT2D eigenvalue weighted by Gasteiger charge is 2.20. The third kappa shape index (κ3) is 3.23. The number of hydrogen-bond acceptors (Lipinski definition) is 7. The average molecular weight is 319 g/mol. The molecule has 3 heterocycles. The number of nitrogens with one attached hydrogen (secondary N) is 1. The van der Waals surface area contributed by atoms with Crippen molar-refractivity contribution in [1.29, 1.82) is 0 Å². The van der Waals surface area contributed by atoms with Gasteiger partial charge in [0.1, 0.15) is 10.8 Å². The summed E-state index contributed by atoms with van der Waals surface area (Å²) in [6.45, 7) is 4.76. The molecule has 0 aromatic carbocycles. The molecule has 0 radical (unpaired) electrons. The van der Waals surface area contributed by atoms with Gasteiger partial charge in [-0.25, -0.2) is 4.98 Å². The Morgan fingerprint density at radius 1 is 1.41 bits per heavy atom. The zero-order valence-corrected chi connectivity index (χ0v) is 13.1. The number of carbonyl (C=O) groups excluding carboxylic acids is 1. The lowest BCUT2D eigenvalue weighted by Gasteiger charge is -2.28. The summed E-state index contributed by atoms with van der Waals surface area (Å²) in [6, 6.07) is 3.53. The van der Waals surface area contributed by atoms with Crippen LogP contribution >= 0.6 is 11.3 Å². The number of ether oxygens (including phenoxy) is 1. The van der Waals surface area contributed by atoms with E-state index >= 15 is 0 Å². The van der Waals surface area contributed by atoms with E-state index in [0.29, 0.717) is 29.7 Å². The Balaban J connectivity index is 1.79. The smallest absolute Gasteiger partial charge is 0.261 e. The largest absolute Gasteiger partial charge is 0.378 e. The van der Waals surface area contributed by atoms with E-state index < -0.39 is 0 Å². The standard InChI is InChI=1S/C14H17N5O2S/c1-2-11-17-18-14(22-11)16-13(20)10-4-3-5-15-12(10)19-6-8-21-9-7-19/h3-5H,2,6-9H2,1H3,(H,16,18,20). The van der Waals surface area contributed by atoms with Crippen LogP contribution in [0, 0.1) is 0 Å². The van der Waals surface area contributed by atoms with Crippen molar-refractivity contribution >= 4 is 28.2 Å². The summed E-state index contributed by atoms with van der Waals surface area (Å²) in [4.78, 5) is 18.9. The second-order valence-corrected chi connectivity index (χ2v) is 5.84.